The number of amides is 1. The van der Waals surface area contributed by atoms with Crippen molar-refractivity contribution in [2.45, 2.75) is 56.4 Å². The van der Waals surface area contributed by atoms with E-state index in [0.717, 1.165) is 31.2 Å². The predicted molar refractivity (Wildman–Crippen MR) is 100 cm³/mol. The van der Waals surface area contributed by atoms with Crippen LogP contribution >= 0.6 is 0 Å². The normalized spacial score (nSPS) is 21.9. The number of benzene rings is 1. The van der Waals surface area contributed by atoms with Gasteiger partial charge in [-0.2, -0.15) is 0 Å². The molecule has 1 saturated heterocycles. The van der Waals surface area contributed by atoms with Crippen molar-refractivity contribution in [2.75, 3.05) is 20.2 Å². The molecule has 1 saturated carbocycles. The highest BCUT2D eigenvalue weighted by Crippen LogP contribution is 2.23. The van der Waals surface area contributed by atoms with Crippen molar-refractivity contribution in [2.24, 2.45) is 0 Å². The van der Waals surface area contributed by atoms with E-state index >= 15 is 0 Å². The molecule has 1 heterocycles. The molecular formula is C19H28N2O4S. The maximum Gasteiger partial charge on any atom is 0.253 e. The van der Waals surface area contributed by atoms with Crippen molar-refractivity contribution < 1.29 is 17.9 Å². The van der Waals surface area contributed by atoms with Crippen molar-refractivity contribution in [3.8, 4) is 0 Å². The van der Waals surface area contributed by atoms with Crippen LogP contribution in [-0.2, 0) is 21.4 Å². The number of methoxy groups -OCH3 is 1. The largest absolute Gasteiger partial charge is 0.380 e. The van der Waals surface area contributed by atoms with Crippen molar-refractivity contribution >= 4 is 15.9 Å². The van der Waals surface area contributed by atoms with Gasteiger partial charge in [-0.05, 0) is 43.4 Å². The second kappa shape index (κ2) is 8.50. The number of hydrogen-bond donors (Lipinski definition) is 1. The van der Waals surface area contributed by atoms with Gasteiger partial charge in [-0.3, -0.25) is 4.79 Å². The Hall–Kier alpha value is -1.44. The maximum atomic E-state index is 12.8. The van der Waals surface area contributed by atoms with E-state index in [0.29, 0.717) is 31.6 Å². The Morgan fingerprint density at radius 1 is 1.15 bits per heavy atom. The molecule has 1 amide bonds. The Kier molecular flexibility index (Phi) is 6.32. The highest BCUT2D eigenvalue weighted by molar-refractivity contribution is 7.90. The molecule has 0 spiro atoms. The molecule has 2 fully saturated rings. The van der Waals surface area contributed by atoms with Crippen LogP contribution in [0.25, 0.3) is 0 Å². The van der Waals surface area contributed by atoms with Gasteiger partial charge in [0.1, 0.15) is 0 Å². The quantitative estimate of drug-likeness (QED) is 0.822. The summed E-state index contributed by atoms with van der Waals surface area (Å²) < 4.78 is 33.3. The maximum absolute atomic E-state index is 12.8. The summed E-state index contributed by atoms with van der Waals surface area (Å²) in [6.45, 7) is 1.38. The van der Waals surface area contributed by atoms with E-state index < -0.39 is 15.3 Å². The predicted octanol–water partition coefficient (Wildman–Crippen LogP) is 2.30. The Morgan fingerprint density at radius 2 is 1.85 bits per heavy atom. The van der Waals surface area contributed by atoms with Gasteiger partial charge in [0.05, 0.1) is 11.9 Å². The number of nitrogens with zero attached hydrogens (tertiary/aromatic N) is 1. The minimum atomic E-state index is -3.39. The zero-order valence-corrected chi connectivity index (χ0v) is 16.1. The zero-order valence-electron chi connectivity index (χ0n) is 15.3. The van der Waals surface area contributed by atoms with Crippen LogP contribution in [0.1, 0.15) is 54.4 Å². The molecule has 0 radical (unpaired) electrons. The molecule has 0 bridgehead atoms. The summed E-state index contributed by atoms with van der Waals surface area (Å²) >= 11 is 0. The topological polar surface area (TPSA) is 75.7 Å². The van der Waals surface area contributed by atoms with Gasteiger partial charge in [0.2, 0.25) is 10.0 Å². The number of hydrogen-bond acceptors (Lipinski definition) is 4. The Balaban J connectivity index is 1.64. The highest BCUT2D eigenvalue weighted by atomic mass is 32.2. The number of rotatable bonds is 6. The third kappa shape index (κ3) is 4.64. The van der Waals surface area contributed by atoms with Crippen molar-refractivity contribution in [1.29, 1.82) is 0 Å². The van der Waals surface area contributed by atoms with E-state index in [1.807, 2.05) is 12.1 Å². The minimum absolute atomic E-state index is 0.0689. The molecule has 0 aromatic heterocycles. The standard InChI is InChI=1S/C19H28N2O4S/c1-25-14-15-8-10-16(11-9-15)19(22)21-12-4-7-18(13-21)26(23,24)20-17-5-2-3-6-17/h8-11,17-18,20H,2-7,12-14H2,1H3/t18-/m1/s1. The summed E-state index contributed by atoms with van der Waals surface area (Å²) in [5.74, 6) is -0.102. The number of ether oxygens (including phenoxy) is 1. The summed E-state index contributed by atoms with van der Waals surface area (Å²) in [7, 11) is -1.76. The average molecular weight is 381 g/mol. The first-order chi connectivity index (χ1) is 12.5. The Bertz CT molecular complexity index is 712. The fourth-order valence-electron chi connectivity index (χ4n) is 3.84. The summed E-state index contributed by atoms with van der Waals surface area (Å²) in [5.41, 5.74) is 1.59. The number of piperidine rings is 1. The lowest BCUT2D eigenvalue weighted by Gasteiger charge is -2.33. The fraction of sp³-hybridized carbons (Fsp3) is 0.632. The van der Waals surface area contributed by atoms with Crippen LogP contribution in [0.3, 0.4) is 0 Å². The number of carbonyl (C=O) groups excluding carboxylic acids is 1. The highest BCUT2D eigenvalue weighted by Gasteiger charge is 2.34. The monoisotopic (exact) mass is 380 g/mol. The summed E-state index contributed by atoms with van der Waals surface area (Å²) in [4.78, 5) is 14.4. The fourth-order valence-corrected chi connectivity index (χ4v) is 5.59. The number of likely N-dealkylation sites (tertiary alicyclic amines) is 1. The van der Waals surface area contributed by atoms with Crippen LogP contribution in [0.4, 0.5) is 0 Å². The van der Waals surface area contributed by atoms with E-state index in [-0.39, 0.29) is 18.5 Å². The number of sulfonamides is 1. The van der Waals surface area contributed by atoms with E-state index in [1.165, 1.54) is 0 Å². The molecule has 1 aromatic carbocycles. The first-order valence-corrected chi connectivity index (χ1v) is 10.9. The van der Waals surface area contributed by atoms with Crippen molar-refractivity contribution in [3.05, 3.63) is 35.4 Å². The Morgan fingerprint density at radius 3 is 2.50 bits per heavy atom. The first-order valence-electron chi connectivity index (χ1n) is 9.38. The molecule has 1 N–H and O–H groups in total. The Labute approximate surface area is 156 Å². The molecule has 3 rings (SSSR count). The molecule has 2 aliphatic rings. The molecule has 6 nitrogen and oxygen atoms in total. The first kappa shape index (κ1) is 19.3. The lowest BCUT2D eigenvalue weighted by atomic mass is 10.1. The van der Waals surface area contributed by atoms with Crippen LogP contribution < -0.4 is 4.72 Å². The molecule has 26 heavy (non-hydrogen) atoms. The van der Waals surface area contributed by atoms with Crippen LogP contribution in [0.15, 0.2) is 24.3 Å². The SMILES string of the molecule is COCc1ccc(C(=O)N2CCC[C@@H](S(=O)(=O)NC3CCCC3)C2)cc1. The van der Waals surface area contributed by atoms with Crippen LogP contribution in [0, 0.1) is 0 Å². The molecule has 7 heteroatoms. The van der Waals surface area contributed by atoms with E-state index in [4.69, 9.17) is 4.74 Å². The van der Waals surface area contributed by atoms with Gasteiger partial charge >= 0.3 is 0 Å². The second-order valence-corrected chi connectivity index (χ2v) is 9.28. The van der Waals surface area contributed by atoms with E-state index in [1.54, 1.807) is 24.1 Å². The van der Waals surface area contributed by atoms with Gasteiger partial charge in [0.15, 0.2) is 0 Å². The lowest BCUT2D eigenvalue weighted by molar-refractivity contribution is 0.0726. The third-order valence-electron chi connectivity index (χ3n) is 5.30. The van der Waals surface area contributed by atoms with Crippen molar-refractivity contribution in [1.82, 2.24) is 9.62 Å². The smallest absolute Gasteiger partial charge is 0.253 e. The average Bonchev–Trinajstić information content (AvgIpc) is 3.14. The number of carbonyl (C=O) groups is 1. The van der Waals surface area contributed by atoms with Gasteiger partial charge in [-0.1, -0.05) is 25.0 Å². The second-order valence-electron chi connectivity index (χ2n) is 7.29. The van der Waals surface area contributed by atoms with Gasteiger partial charge in [-0.15, -0.1) is 0 Å². The summed E-state index contributed by atoms with van der Waals surface area (Å²) in [5, 5.41) is -0.520. The minimum Gasteiger partial charge on any atom is -0.380 e. The van der Waals surface area contributed by atoms with Gasteiger partial charge < -0.3 is 9.64 Å². The van der Waals surface area contributed by atoms with Crippen LogP contribution in [0.2, 0.25) is 0 Å². The zero-order chi connectivity index (χ0) is 18.6. The van der Waals surface area contributed by atoms with Gasteiger partial charge in [0.25, 0.3) is 5.91 Å². The molecule has 1 aromatic rings. The molecule has 1 aliphatic carbocycles. The summed E-state index contributed by atoms with van der Waals surface area (Å²) in [6, 6.07) is 7.38. The molecule has 1 aliphatic heterocycles. The van der Waals surface area contributed by atoms with E-state index in [9.17, 15) is 13.2 Å². The lowest BCUT2D eigenvalue weighted by Crippen LogP contribution is -2.49. The van der Waals surface area contributed by atoms with Gasteiger partial charge in [0, 0.05) is 31.8 Å². The molecular weight excluding hydrogens is 352 g/mol. The summed E-state index contributed by atoms with van der Waals surface area (Å²) in [6.07, 6.45) is 5.33. The third-order valence-corrected chi connectivity index (χ3v) is 7.23. The van der Waals surface area contributed by atoms with Gasteiger partial charge in [-0.25, -0.2) is 13.1 Å². The van der Waals surface area contributed by atoms with Crippen LogP contribution in [0.5, 0.6) is 0 Å². The molecule has 0 unspecified atom stereocenters. The van der Waals surface area contributed by atoms with Crippen LogP contribution in [-0.4, -0.2) is 50.7 Å². The molecule has 1 atom stereocenters. The van der Waals surface area contributed by atoms with E-state index in [2.05, 4.69) is 4.72 Å². The molecule has 144 valence electrons. The van der Waals surface area contributed by atoms with Crippen molar-refractivity contribution in [3.63, 3.8) is 0 Å². The number of nitrogens with one attached hydrogen (secondary N) is 1.